The number of nitro benzene ring substituents is 1. The highest BCUT2D eigenvalue weighted by Crippen LogP contribution is 2.31. The fourth-order valence-corrected chi connectivity index (χ4v) is 4.31. The van der Waals surface area contributed by atoms with E-state index >= 15 is 0 Å². The van der Waals surface area contributed by atoms with Crippen molar-refractivity contribution in [1.82, 2.24) is 4.90 Å². The van der Waals surface area contributed by atoms with Gasteiger partial charge in [-0.1, -0.05) is 18.6 Å². The molecule has 0 aromatic heterocycles. The highest BCUT2D eigenvalue weighted by atomic mass is 16.6. The molecule has 0 aliphatic carbocycles. The van der Waals surface area contributed by atoms with E-state index in [-0.39, 0.29) is 35.4 Å². The minimum atomic E-state index is -0.705. The molecule has 1 aliphatic rings. The molecule has 12 nitrogen and oxygen atoms in total. The van der Waals surface area contributed by atoms with Crippen LogP contribution < -0.4 is 9.47 Å². The predicted molar refractivity (Wildman–Crippen MR) is 147 cm³/mol. The average molecular weight is 575 g/mol. The zero-order valence-corrected chi connectivity index (χ0v) is 22.6. The van der Waals surface area contributed by atoms with Gasteiger partial charge in [0.15, 0.2) is 12.4 Å². The van der Waals surface area contributed by atoms with E-state index in [1.807, 2.05) is 0 Å². The summed E-state index contributed by atoms with van der Waals surface area (Å²) in [4.78, 5) is 73.4. The number of nitrogens with zero attached hydrogens (tertiary/aromatic N) is 2. The normalized spacial score (nSPS) is 12.1. The number of imide groups is 1. The number of benzene rings is 3. The molecular formula is C30H26N2O10. The van der Waals surface area contributed by atoms with Crippen LogP contribution in [-0.2, 0) is 9.53 Å². The van der Waals surface area contributed by atoms with E-state index in [9.17, 15) is 34.1 Å². The summed E-state index contributed by atoms with van der Waals surface area (Å²) in [5, 5.41) is 11.2. The second-order valence-corrected chi connectivity index (χ2v) is 9.26. The number of carbonyl (C=O) groups excluding carboxylic acids is 5. The van der Waals surface area contributed by atoms with Gasteiger partial charge in [-0.15, -0.1) is 0 Å². The SMILES string of the molecule is COc1cccc(C(=O)Oc2ccc(C(=O)COC(=O)CCCCCN3C(=O)c4cccc([N+](=O)[O-])c4C3=O)cc2)c1. The number of nitro groups is 1. The summed E-state index contributed by atoms with van der Waals surface area (Å²) in [7, 11) is 1.49. The van der Waals surface area contributed by atoms with Crippen LogP contribution in [-0.4, -0.2) is 59.6 Å². The van der Waals surface area contributed by atoms with E-state index in [0.717, 1.165) is 4.90 Å². The third kappa shape index (κ3) is 6.84. The number of ether oxygens (including phenoxy) is 3. The number of fused-ring (bicyclic) bond motifs is 1. The van der Waals surface area contributed by atoms with Gasteiger partial charge in [-0.3, -0.25) is 34.2 Å². The second-order valence-electron chi connectivity index (χ2n) is 9.26. The number of amides is 2. The summed E-state index contributed by atoms with van der Waals surface area (Å²) >= 11 is 0. The molecule has 1 heterocycles. The largest absolute Gasteiger partial charge is 0.497 e. The quantitative estimate of drug-likeness (QED) is 0.0544. The summed E-state index contributed by atoms with van der Waals surface area (Å²) in [6.07, 6.45) is 1.29. The lowest BCUT2D eigenvalue weighted by atomic mass is 10.1. The maximum atomic E-state index is 12.6. The van der Waals surface area contributed by atoms with Gasteiger partial charge >= 0.3 is 11.9 Å². The lowest BCUT2D eigenvalue weighted by molar-refractivity contribution is -0.385. The van der Waals surface area contributed by atoms with E-state index in [1.165, 1.54) is 49.6 Å². The van der Waals surface area contributed by atoms with Gasteiger partial charge in [0.05, 0.1) is 23.2 Å². The van der Waals surface area contributed by atoms with E-state index in [2.05, 4.69) is 0 Å². The van der Waals surface area contributed by atoms with Crippen LogP contribution in [0, 0.1) is 10.1 Å². The molecule has 0 atom stereocenters. The molecule has 2 amide bonds. The van der Waals surface area contributed by atoms with Crippen molar-refractivity contribution in [3.63, 3.8) is 0 Å². The van der Waals surface area contributed by atoms with Crippen molar-refractivity contribution in [2.24, 2.45) is 0 Å². The Balaban J connectivity index is 1.16. The van der Waals surface area contributed by atoms with E-state index in [0.29, 0.717) is 30.6 Å². The van der Waals surface area contributed by atoms with Crippen molar-refractivity contribution in [3.8, 4) is 11.5 Å². The van der Waals surface area contributed by atoms with Crippen LogP contribution >= 0.6 is 0 Å². The zero-order valence-electron chi connectivity index (χ0n) is 22.6. The summed E-state index contributed by atoms with van der Waals surface area (Å²) in [5.74, 6) is -2.15. The molecule has 0 spiro atoms. The first-order valence-electron chi connectivity index (χ1n) is 13.0. The number of ketones is 1. The van der Waals surface area contributed by atoms with Crippen LogP contribution in [0.1, 0.15) is 67.1 Å². The Morgan fingerprint density at radius 1 is 0.857 bits per heavy atom. The fraction of sp³-hybridized carbons (Fsp3) is 0.233. The van der Waals surface area contributed by atoms with Gasteiger partial charge < -0.3 is 14.2 Å². The van der Waals surface area contributed by atoms with Gasteiger partial charge in [0.25, 0.3) is 17.5 Å². The van der Waals surface area contributed by atoms with Gasteiger partial charge in [-0.2, -0.15) is 0 Å². The van der Waals surface area contributed by atoms with Gasteiger partial charge in [-0.05, 0) is 61.4 Å². The molecule has 0 saturated carbocycles. The van der Waals surface area contributed by atoms with Crippen LogP contribution in [0.3, 0.4) is 0 Å². The van der Waals surface area contributed by atoms with Crippen molar-refractivity contribution in [1.29, 1.82) is 0 Å². The first kappa shape index (κ1) is 29.6. The Hall–Kier alpha value is -5.39. The van der Waals surface area contributed by atoms with E-state index < -0.39 is 46.8 Å². The maximum absolute atomic E-state index is 12.6. The molecule has 0 N–H and O–H groups in total. The molecule has 3 aromatic rings. The molecule has 0 saturated heterocycles. The van der Waals surface area contributed by atoms with Crippen LogP contribution in [0.25, 0.3) is 0 Å². The average Bonchev–Trinajstić information content (AvgIpc) is 3.24. The Morgan fingerprint density at radius 2 is 1.60 bits per heavy atom. The second kappa shape index (κ2) is 13.3. The van der Waals surface area contributed by atoms with E-state index in [4.69, 9.17) is 14.2 Å². The molecule has 1 aliphatic heterocycles. The molecular weight excluding hydrogens is 548 g/mol. The third-order valence-electron chi connectivity index (χ3n) is 6.49. The summed E-state index contributed by atoms with van der Waals surface area (Å²) < 4.78 is 15.5. The van der Waals surface area contributed by atoms with Gasteiger partial charge in [0, 0.05) is 24.6 Å². The number of esters is 2. The number of hydrogen-bond donors (Lipinski definition) is 0. The molecule has 0 radical (unpaired) electrons. The first-order valence-corrected chi connectivity index (χ1v) is 13.0. The van der Waals surface area contributed by atoms with Gasteiger partial charge in [0.2, 0.25) is 0 Å². The molecule has 0 bridgehead atoms. The minimum Gasteiger partial charge on any atom is -0.497 e. The molecule has 0 unspecified atom stereocenters. The highest BCUT2D eigenvalue weighted by Gasteiger charge is 2.40. The predicted octanol–water partition coefficient (Wildman–Crippen LogP) is 4.41. The Morgan fingerprint density at radius 3 is 2.31 bits per heavy atom. The van der Waals surface area contributed by atoms with Crippen molar-refractivity contribution >= 4 is 35.2 Å². The fourth-order valence-electron chi connectivity index (χ4n) is 4.31. The molecule has 0 fully saturated rings. The smallest absolute Gasteiger partial charge is 0.343 e. The topological polar surface area (TPSA) is 159 Å². The van der Waals surface area contributed by atoms with Crippen LogP contribution in [0.15, 0.2) is 66.7 Å². The Kier molecular flexibility index (Phi) is 9.38. The highest BCUT2D eigenvalue weighted by molar-refractivity contribution is 6.23. The summed E-state index contributed by atoms with van der Waals surface area (Å²) in [6.45, 7) is -0.405. The van der Waals surface area contributed by atoms with Crippen LogP contribution in [0.2, 0.25) is 0 Å². The maximum Gasteiger partial charge on any atom is 0.343 e. The molecule has 3 aromatic carbocycles. The number of rotatable bonds is 13. The number of unbranched alkanes of at least 4 members (excludes halogenated alkanes) is 2. The molecule has 216 valence electrons. The molecule has 42 heavy (non-hydrogen) atoms. The standard InChI is InChI=1S/C30H26N2O10/c1-40-22-8-5-7-20(17-22)30(37)42-21-14-12-19(13-15-21)25(33)18-41-26(34)11-3-2-4-16-31-28(35)23-9-6-10-24(32(38)39)27(23)29(31)36/h5-10,12-15,17H,2-4,11,16,18H2,1H3. The van der Waals surface area contributed by atoms with Crippen LogP contribution in [0.4, 0.5) is 5.69 Å². The molecule has 4 rings (SSSR count). The summed E-state index contributed by atoms with van der Waals surface area (Å²) in [5.41, 5.74) is -0.0353. The van der Waals surface area contributed by atoms with Gasteiger partial charge in [0.1, 0.15) is 17.1 Å². The van der Waals surface area contributed by atoms with Gasteiger partial charge in [-0.25, -0.2) is 4.79 Å². The molecule has 12 heteroatoms. The number of methoxy groups -OCH3 is 1. The lowest BCUT2D eigenvalue weighted by Crippen LogP contribution is -2.30. The van der Waals surface area contributed by atoms with Crippen molar-refractivity contribution in [2.75, 3.05) is 20.3 Å². The van der Waals surface area contributed by atoms with Crippen molar-refractivity contribution < 1.29 is 43.1 Å². The monoisotopic (exact) mass is 574 g/mol. The Bertz CT molecular complexity index is 1550. The Labute approximate surface area is 239 Å². The third-order valence-corrected chi connectivity index (χ3v) is 6.49. The number of hydrogen-bond acceptors (Lipinski definition) is 10. The minimum absolute atomic E-state index is 0.00586. The van der Waals surface area contributed by atoms with Crippen molar-refractivity contribution in [2.45, 2.75) is 25.7 Å². The van der Waals surface area contributed by atoms with E-state index in [1.54, 1.807) is 24.3 Å². The zero-order chi connectivity index (χ0) is 30.2. The first-order chi connectivity index (χ1) is 20.2. The number of carbonyl (C=O) groups is 5. The number of Topliss-reactive ketones (excluding diaryl/α,β-unsaturated/α-hetero) is 1. The van der Waals surface area contributed by atoms with Crippen LogP contribution in [0.5, 0.6) is 11.5 Å². The lowest BCUT2D eigenvalue weighted by Gasteiger charge is -2.13. The van der Waals surface area contributed by atoms with Crippen molar-refractivity contribution in [3.05, 3.63) is 99.1 Å². The summed E-state index contributed by atoms with van der Waals surface area (Å²) in [6, 6.07) is 16.2.